The number of carbonyl (C=O) groups is 3. The summed E-state index contributed by atoms with van der Waals surface area (Å²) in [6.07, 6.45) is -5.08. The maximum absolute atomic E-state index is 13.2. The number of benzene rings is 1. The molecule has 0 saturated heterocycles. The van der Waals surface area contributed by atoms with Crippen LogP contribution in [-0.4, -0.2) is 40.8 Å². The van der Waals surface area contributed by atoms with Crippen molar-refractivity contribution < 1.29 is 42.2 Å². The molecule has 0 atom stereocenters. The lowest BCUT2D eigenvalue weighted by Gasteiger charge is -2.09. The number of nitrogens with one attached hydrogen (secondary N) is 1. The van der Waals surface area contributed by atoms with Crippen molar-refractivity contribution in [3.8, 4) is 0 Å². The molecule has 5 N–H and O–H groups in total. The van der Waals surface area contributed by atoms with Gasteiger partial charge in [0.15, 0.2) is 0 Å². The van der Waals surface area contributed by atoms with Gasteiger partial charge in [0.25, 0.3) is 5.91 Å². The molecule has 0 bridgehead atoms. The molecule has 0 spiro atoms. The van der Waals surface area contributed by atoms with Crippen molar-refractivity contribution in [1.82, 2.24) is 5.32 Å². The highest BCUT2D eigenvalue weighted by atomic mass is 35.5. The summed E-state index contributed by atoms with van der Waals surface area (Å²) >= 11 is 11.2. The van der Waals surface area contributed by atoms with Crippen LogP contribution in [-0.2, 0) is 9.59 Å². The maximum Gasteiger partial charge on any atom is 0.490 e. The minimum atomic E-state index is -5.08. The van der Waals surface area contributed by atoms with E-state index in [1.165, 1.54) is 0 Å². The zero-order chi connectivity index (χ0) is 19.2. The van der Waals surface area contributed by atoms with Gasteiger partial charge in [0.2, 0.25) is 0 Å². The zero-order valence-electron chi connectivity index (χ0n) is 11.2. The van der Waals surface area contributed by atoms with E-state index in [0.717, 1.165) is 6.07 Å². The minimum absolute atomic E-state index is 0.223. The summed E-state index contributed by atoms with van der Waals surface area (Å²) in [5, 5.41) is 16.9. The van der Waals surface area contributed by atoms with Crippen molar-refractivity contribution in [2.75, 3.05) is 12.3 Å². The smallest absolute Gasteiger partial charge is 0.480 e. The fraction of sp³-hybridized carbons (Fsp3) is 0.182. The van der Waals surface area contributed by atoms with Crippen LogP contribution in [0.2, 0.25) is 10.0 Å². The molecule has 1 aromatic rings. The third kappa shape index (κ3) is 6.46. The van der Waals surface area contributed by atoms with Crippen LogP contribution in [0.1, 0.15) is 10.4 Å². The fourth-order valence-corrected chi connectivity index (χ4v) is 1.47. The third-order valence-electron chi connectivity index (χ3n) is 2.08. The Labute approximate surface area is 140 Å². The molecule has 1 amide bonds. The standard InChI is InChI=1S/C9H7Cl2FN2O3.C2HF3O2/c10-6-3(9(17)14-2-5(15)16)1-4(12)7(11)8(6)13;3-2(4,5)1(6)7/h1H,2,13H2,(H,14,17)(H,15,16);(H,6,7). The topological polar surface area (TPSA) is 130 Å². The number of alkyl halides is 3. The summed E-state index contributed by atoms with van der Waals surface area (Å²) < 4.78 is 44.9. The molecule has 0 radical (unpaired) electrons. The lowest BCUT2D eigenvalue weighted by molar-refractivity contribution is -0.192. The lowest BCUT2D eigenvalue weighted by Crippen LogP contribution is -2.29. The van der Waals surface area contributed by atoms with Crippen LogP contribution in [0.3, 0.4) is 0 Å². The number of halogens is 6. The Kier molecular flexibility index (Phi) is 7.74. The number of carboxylic acids is 2. The zero-order valence-corrected chi connectivity index (χ0v) is 12.8. The van der Waals surface area contributed by atoms with Crippen LogP contribution in [0.25, 0.3) is 0 Å². The first-order valence-electron chi connectivity index (χ1n) is 5.52. The van der Waals surface area contributed by atoms with E-state index in [-0.39, 0.29) is 21.3 Å². The number of anilines is 1. The first kappa shape index (κ1) is 21.7. The van der Waals surface area contributed by atoms with E-state index in [4.69, 9.17) is 43.9 Å². The maximum atomic E-state index is 13.2. The molecule has 0 aliphatic carbocycles. The molecule has 0 fully saturated rings. The normalized spacial score (nSPS) is 10.4. The molecule has 1 rings (SSSR count). The van der Waals surface area contributed by atoms with E-state index in [9.17, 15) is 27.2 Å². The predicted molar refractivity (Wildman–Crippen MR) is 74.5 cm³/mol. The molecule has 0 aromatic heterocycles. The number of aliphatic carboxylic acids is 2. The van der Waals surface area contributed by atoms with Gasteiger partial charge in [-0.1, -0.05) is 23.2 Å². The number of carbonyl (C=O) groups excluding carboxylic acids is 1. The Balaban J connectivity index is 0.000000640. The Morgan fingerprint density at radius 2 is 1.62 bits per heavy atom. The average molecular weight is 395 g/mol. The van der Waals surface area contributed by atoms with Gasteiger partial charge in [-0.2, -0.15) is 13.2 Å². The van der Waals surface area contributed by atoms with Crippen molar-refractivity contribution in [2.45, 2.75) is 6.18 Å². The highest BCUT2D eigenvalue weighted by Gasteiger charge is 2.38. The van der Waals surface area contributed by atoms with Crippen LogP contribution >= 0.6 is 23.2 Å². The molecule has 13 heteroatoms. The number of rotatable bonds is 3. The first-order valence-corrected chi connectivity index (χ1v) is 6.27. The molecule has 0 aliphatic rings. The summed E-state index contributed by atoms with van der Waals surface area (Å²) in [7, 11) is 0. The number of hydrogen-bond donors (Lipinski definition) is 4. The third-order valence-corrected chi connectivity index (χ3v) is 2.87. The van der Waals surface area contributed by atoms with Gasteiger partial charge in [-0.25, -0.2) is 9.18 Å². The molecular formula is C11H8Cl2F4N2O5. The van der Waals surface area contributed by atoms with Crippen LogP contribution in [0.15, 0.2) is 6.07 Å². The van der Waals surface area contributed by atoms with E-state index < -0.39 is 36.4 Å². The van der Waals surface area contributed by atoms with Crippen molar-refractivity contribution in [3.63, 3.8) is 0 Å². The second kappa shape index (κ2) is 8.55. The van der Waals surface area contributed by atoms with Crippen molar-refractivity contribution in [1.29, 1.82) is 0 Å². The molecule has 0 unspecified atom stereocenters. The van der Waals surface area contributed by atoms with E-state index in [1.807, 2.05) is 5.32 Å². The van der Waals surface area contributed by atoms with Gasteiger partial charge >= 0.3 is 18.1 Å². The summed E-state index contributed by atoms with van der Waals surface area (Å²) in [5.41, 5.74) is 4.84. The number of nitrogen functional groups attached to an aromatic ring is 1. The van der Waals surface area contributed by atoms with Crippen molar-refractivity contribution in [2.24, 2.45) is 0 Å². The van der Waals surface area contributed by atoms with Gasteiger partial charge in [-0.3, -0.25) is 9.59 Å². The Hall–Kier alpha value is -2.27. The molecule has 7 nitrogen and oxygen atoms in total. The van der Waals surface area contributed by atoms with Gasteiger partial charge in [-0.05, 0) is 6.07 Å². The monoisotopic (exact) mass is 394 g/mol. The van der Waals surface area contributed by atoms with Crippen LogP contribution in [0, 0.1) is 5.82 Å². The number of nitrogens with two attached hydrogens (primary N) is 1. The molecule has 24 heavy (non-hydrogen) atoms. The second-order valence-electron chi connectivity index (χ2n) is 3.83. The second-order valence-corrected chi connectivity index (χ2v) is 4.58. The van der Waals surface area contributed by atoms with Crippen LogP contribution < -0.4 is 11.1 Å². The molecule has 0 aliphatic heterocycles. The van der Waals surface area contributed by atoms with Crippen molar-refractivity contribution in [3.05, 3.63) is 27.5 Å². The van der Waals surface area contributed by atoms with Crippen molar-refractivity contribution >= 4 is 46.7 Å². The number of amides is 1. The fourth-order valence-electron chi connectivity index (χ4n) is 1.04. The van der Waals surface area contributed by atoms with Gasteiger partial charge in [0.05, 0.1) is 16.3 Å². The Morgan fingerprint density at radius 1 is 1.17 bits per heavy atom. The number of hydrogen-bond acceptors (Lipinski definition) is 4. The summed E-state index contributed by atoms with van der Waals surface area (Å²) in [4.78, 5) is 30.6. The quantitative estimate of drug-likeness (QED) is 0.353. The van der Waals surface area contributed by atoms with E-state index in [0.29, 0.717) is 0 Å². The highest BCUT2D eigenvalue weighted by molar-refractivity contribution is 6.40. The predicted octanol–water partition coefficient (Wildman–Crippen LogP) is 2.16. The summed E-state index contributed by atoms with van der Waals surface area (Å²) in [6, 6.07) is 0.790. The van der Waals surface area contributed by atoms with E-state index >= 15 is 0 Å². The number of carboxylic acid groups (broad SMARTS) is 2. The highest BCUT2D eigenvalue weighted by Crippen LogP contribution is 2.32. The largest absolute Gasteiger partial charge is 0.490 e. The summed E-state index contributed by atoms with van der Waals surface area (Å²) in [6.45, 7) is -0.612. The van der Waals surface area contributed by atoms with Gasteiger partial charge in [0.1, 0.15) is 17.4 Å². The molecule has 1 aromatic carbocycles. The van der Waals surface area contributed by atoms with Gasteiger partial charge in [0, 0.05) is 0 Å². The Morgan fingerprint density at radius 3 is 2.00 bits per heavy atom. The van der Waals surface area contributed by atoms with Crippen LogP contribution in [0.4, 0.5) is 23.2 Å². The Bertz CT molecular complexity index is 667. The van der Waals surface area contributed by atoms with E-state index in [1.54, 1.807) is 0 Å². The molecular weight excluding hydrogens is 387 g/mol. The van der Waals surface area contributed by atoms with Crippen LogP contribution in [0.5, 0.6) is 0 Å². The molecule has 0 saturated carbocycles. The minimum Gasteiger partial charge on any atom is -0.480 e. The molecule has 134 valence electrons. The first-order chi connectivity index (χ1) is 10.8. The average Bonchev–Trinajstić information content (AvgIpc) is 2.46. The SMILES string of the molecule is Nc1c(Cl)c(F)cc(C(=O)NCC(=O)O)c1Cl.O=C(O)C(F)(F)F. The summed E-state index contributed by atoms with van der Waals surface area (Å²) in [5.74, 6) is -5.75. The molecule has 0 heterocycles. The van der Waals surface area contributed by atoms with Gasteiger partial charge in [-0.15, -0.1) is 0 Å². The van der Waals surface area contributed by atoms with E-state index in [2.05, 4.69) is 0 Å². The van der Waals surface area contributed by atoms with Gasteiger partial charge < -0.3 is 21.3 Å². The lowest BCUT2D eigenvalue weighted by atomic mass is 10.1.